The van der Waals surface area contributed by atoms with Crippen LogP contribution < -0.4 is 10.1 Å². The number of aromatic nitrogens is 4. The maximum Gasteiger partial charge on any atom is 0.329 e. The normalized spacial score (nSPS) is 18.8. The van der Waals surface area contributed by atoms with E-state index in [0.29, 0.717) is 53.6 Å². The molecule has 13 heteroatoms. The first-order chi connectivity index (χ1) is 20.3. The summed E-state index contributed by atoms with van der Waals surface area (Å²) in [5.74, 6) is 1.37. The summed E-state index contributed by atoms with van der Waals surface area (Å²) in [6.07, 6.45) is 4.25. The Balaban J connectivity index is 1.36. The number of esters is 1. The van der Waals surface area contributed by atoms with Gasteiger partial charge in [-0.25, -0.2) is 14.6 Å². The number of aliphatic hydroxyl groups is 1. The third-order valence-electron chi connectivity index (χ3n) is 8.09. The SMILES string of the molecule is COC(=O)CN1CCC(Cn2nc(C)cc2Nc2nccc(-c3cc(C#N)c4c(c3)[C@@](C)(CO)CN4[B]C=O)n2)CC1. The Bertz CT molecular complexity index is 1510. The molecule has 2 aliphatic rings. The fraction of sp³-hybridized carbons (Fsp3) is 0.448. The number of hydrogen-bond acceptors (Lipinski definition) is 11. The van der Waals surface area contributed by atoms with Crippen LogP contribution in [0, 0.1) is 24.2 Å². The molecule has 0 unspecified atom stereocenters. The Morgan fingerprint density at radius 1 is 1.33 bits per heavy atom. The van der Waals surface area contributed by atoms with Gasteiger partial charge in [0.2, 0.25) is 5.95 Å². The summed E-state index contributed by atoms with van der Waals surface area (Å²) in [5.41, 5.74) is 3.37. The van der Waals surface area contributed by atoms with Gasteiger partial charge in [-0.05, 0) is 62.5 Å². The highest BCUT2D eigenvalue weighted by atomic mass is 16.5. The molecule has 0 amide bonds. The number of methoxy groups -OCH3 is 1. The number of ether oxygens (including phenoxy) is 1. The van der Waals surface area contributed by atoms with Crippen molar-refractivity contribution in [2.24, 2.45) is 5.92 Å². The van der Waals surface area contributed by atoms with Gasteiger partial charge in [-0.3, -0.25) is 9.69 Å². The number of nitrogens with one attached hydrogen (secondary N) is 1. The minimum Gasteiger partial charge on any atom is -0.468 e. The Hall–Kier alpha value is -4.28. The molecule has 3 aromatic rings. The number of carbonyl (C=O) groups excluding carboxylic acids is 2. The van der Waals surface area contributed by atoms with E-state index in [2.05, 4.69) is 21.3 Å². The Labute approximate surface area is 245 Å². The molecule has 0 saturated carbocycles. The monoisotopic (exact) mass is 569 g/mol. The molecule has 1 radical (unpaired) electrons. The number of aryl methyl sites for hydroxylation is 1. The molecule has 42 heavy (non-hydrogen) atoms. The molecule has 5 rings (SSSR count). The number of piperidine rings is 1. The molecule has 1 fully saturated rings. The molecular weight excluding hydrogens is 535 g/mol. The highest BCUT2D eigenvalue weighted by molar-refractivity contribution is 6.70. The van der Waals surface area contributed by atoms with E-state index in [4.69, 9.17) is 14.8 Å². The van der Waals surface area contributed by atoms with Gasteiger partial charge in [0.1, 0.15) is 18.1 Å². The van der Waals surface area contributed by atoms with Gasteiger partial charge in [-0.2, -0.15) is 10.4 Å². The number of nitrogens with zero attached hydrogens (tertiary/aromatic N) is 7. The number of hydrogen-bond donors (Lipinski definition) is 2. The van der Waals surface area contributed by atoms with Crippen molar-refractivity contribution in [3.05, 3.63) is 47.3 Å². The first-order valence-electron chi connectivity index (χ1n) is 14.0. The zero-order valence-corrected chi connectivity index (χ0v) is 24.1. The second-order valence-corrected chi connectivity index (χ2v) is 11.2. The van der Waals surface area contributed by atoms with Crippen LogP contribution in [0.4, 0.5) is 17.5 Å². The van der Waals surface area contributed by atoms with E-state index in [9.17, 15) is 20.0 Å². The van der Waals surface area contributed by atoms with E-state index in [1.807, 2.05) is 30.7 Å². The average molecular weight is 569 g/mol. The zero-order valence-electron chi connectivity index (χ0n) is 24.1. The molecule has 4 heterocycles. The Morgan fingerprint density at radius 2 is 2.12 bits per heavy atom. The molecular formula is C29H34BN8O4. The highest BCUT2D eigenvalue weighted by Gasteiger charge is 2.40. The number of carbonyl (C=O) groups is 2. The molecule has 0 spiro atoms. The fourth-order valence-corrected chi connectivity index (χ4v) is 5.81. The molecule has 0 aliphatic carbocycles. The second kappa shape index (κ2) is 12.3. The number of nitriles is 1. The molecule has 0 bridgehead atoms. The van der Waals surface area contributed by atoms with Crippen molar-refractivity contribution < 1.29 is 19.4 Å². The fourth-order valence-electron chi connectivity index (χ4n) is 5.81. The summed E-state index contributed by atoms with van der Waals surface area (Å²) < 4.78 is 6.74. The van der Waals surface area contributed by atoms with Gasteiger partial charge in [-0.15, -0.1) is 0 Å². The summed E-state index contributed by atoms with van der Waals surface area (Å²) in [6.45, 7) is 6.82. The van der Waals surface area contributed by atoms with Crippen molar-refractivity contribution in [3.63, 3.8) is 0 Å². The predicted molar refractivity (Wildman–Crippen MR) is 158 cm³/mol. The Morgan fingerprint density at radius 3 is 2.81 bits per heavy atom. The topological polar surface area (TPSA) is 150 Å². The average Bonchev–Trinajstić information content (AvgIpc) is 3.49. The number of aliphatic hydroxyl groups excluding tert-OH is 1. The summed E-state index contributed by atoms with van der Waals surface area (Å²) in [7, 11) is 2.80. The largest absolute Gasteiger partial charge is 0.468 e. The van der Waals surface area contributed by atoms with Crippen LogP contribution in [0.2, 0.25) is 0 Å². The maximum absolute atomic E-state index is 11.6. The lowest BCUT2D eigenvalue weighted by Crippen LogP contribution is -2.38. The highest BCUT2D eigenvalue weighted by Crippen LogP contribution is 2.44. The molecule has 1 atom stereocenters. The van der Waals surface area contributed by atoms with Gasteiger partial charge in [0.25, 0.3) is 0 Å². The molecule has 1 saturated heterocycles. The predicted octanol–water partition coefficient (Wildman–Crippen LogP) is 2.03. The van der Waals surface area contributed by atoms with Gasteiger partial charge in [0, 0.05) is 42.0 Å². The summed E-state index contributed by atoms with van der Waals surface area (Å²) >= 11 is 0. The van der Waals surface area contributed by atoms with E-state index < -0.39 is 5.41 Å². The second-order valence-electron chi connectivity index (χ2n) is 11.2. The van der Waals surface area contributed by atoms with Gasteiger partial charge in [0.05, 0.1) is 37.2 Å². The van der Waals surface area contributed by atoms with Crippen molar-refractivity contribution in [3.8, 4) is 17.3 Å². The first-order valence-corrected chi connectivity index (χ1v) is 14.0. The maximum atomic E-state index is 11.6. The van der Waals surface area contributed by atoms with Crippen LogP contribution in [-0.2, 0) is 26.3 Å². The van der Waals surface area contributed by atoms with Crippen LogP contribution in [0.5, 0.6) is 0 Å². The number of rotatable bonds is 10. The van der Waals surface area contributed by atoms with Gasteiger partial charge in [0.15, 0.2) is 0 Å². The molecule has 2 aromatic heterocycles. The van der Waals surface area contributed by atoms with Crippen molar-refractivity contribution in [2.75, 3.05) is 50.0 Å². The minimum absolute atomic E-state index is 0.137. The van der Waals surface area contributed by atoms with Gasteiger partial charge in [-0.1, -0.05) is 6.92 Å². The quantitative estimate of drug-likeness (QED) is 0.210. The molecule has 2 N–H and O–H groups in total. The molecule has 1 aromatic carbocycles. The van der Waals surface area contributed by atoms with Crippen LogP contribution >= 0.6 is 0 Å². The van der Waals surface area contributed by atoms with Crippen LogP contribution in [0.3, 0.4) is 0 Å². The first kappa shape index (κ1) is 29.2. The lowest BCUT2D eigenvalue weighted by atomic mass is 9.83. The van der Waals surface area contributed by atoms with Crippen LogP contribution in [0.1, 0.15) is 36.6 Å². The summed E-state index contributed by atoms with van der Waals surface area (Å²) in [4.78, 5) is 35.9. The number of benzene rings is 1. The van der Waals surface area contributed by atoms with E-state index in [0.717, 1.165) is 49.6 Å². The van der Waals surface area contributed by atoms with Crippen molar-refractivity contribution in [1.82, 2.24) is 24.6 Å². The van der Waals surface area contributed by atoms with Gasteiger partial charge < -0.3 is 24.8 Å². The standard InChI is InChI=1S/C29H34BN8O4/c1-19-10-25(38(35-19)14-20-5-8-36(9-6-20)15-26(41)42-3)34-28-32-7-4-24(33-28)21-11-22(13-31)27-23(12-21)29(2,17-39)16-37(27)30-18-40/h4,7,10-12,18,20,39H,5-6,8-9,14-17H2,1-3H3,(H,32,33,34)/t29-/m1/s1. The third kappa shape index (κ3) is 6.00. The summed E-state index contributed by atoms with van der Waals surface area (Å²) in [5, 5.41) is 28.2. The lowest BCUT2D eigenvalue weighted by molar-refractivity contribution is -0.142. The molecule has 2 aliphatic heterocycles. The smallest absolute Gasteiger partial charge is 0.329 e. The van der Waals surface area contributed by atoms with E-state index in [1.165, 1.54) is 14.5 Å². The lowest BCUT2D eigenvalue weighted by Gasteiger charge is -2.31. The van der Waals surface area contributed by atoms with E-state index >= 15 is 0 Å². The summed E-state index contributed by atoms with van der Waals surface area (Å²) in [6, 6.07) is 9.66. The number of fused-ring (bicyclic) bond motifs is 1. The number of anilines is 3. The Kier molecular flexibility index (Phi) is 8.56. The van der Waals surface area contributed by atoms with Crippen LogP contribution in [0.25, 0.3) is 11.3 Å². The van der Waals surface area contributed by atoms with Crippen LogP contribution in [0.15, 0.2) is 30.5 Å². The van der Waals surface area contributed by atoms with E-state index in [-0.39, 0.29) is 12.6 Å². The number of likely N-dealkylation sites (tertiary alicyclic amines) is 1. The molecule has 12 nitrogen and oxygen atoms in total. The zero-order chi connectivity index (χ0) is 29.9. The van der Waals surface area contributed by atoms with Crippen molar-refractivity contribution in [1.29, 1.82) is 5.26 Å². The minimum atomic E-state index is -0.649. The van der Waals surface area contributed by atoms with E-state index in [1.54, 1.807) is 23.1 Å². The van der Waals surface area contributed by atoms with Crippen LogP contribution in [-0.4, -0.2) is 89.2 Å². The third-order valence-corrected chi connectivity index (χ3v) is 8.09. The van der Waals surface area contributed by atoms with Gasteiger partial charge >= 0.3 is 13.4 Å². The molecule has 217 valence electrons. The van der Waals surface area contributed by atoms with Crippen molar-refractivity contribution in [2.45, 2.75) is 38.6 Å². The van der Waals surface area contributed by atoms with Crippen molar-refractivity contribution >= 4 is 37.0 Å².